The molecule has 1 fully saturated rings. The predicted octanol–water partition coefficient (Wildman–Crippen LogP) is 2.33. The maximum atomic E-state index is 5.46. The number of para-hydroxylation sites is 2. The van der Waals surface area contributed by atoms with Crippen LogP contribution >= 0.6 is 0 Å². The number of morpholine rings is 1. The lowest BCUT2D eigenvalue weighted by atomic mass is 10.3. The summed E-state index contributed by atoms with van der Waals surface area (Å²) in [6, 6.07) is 12.4. The predicted molar refractivity (Wildman–Crippen MR) is 82.3 cm³/mol. The molecule has 0 spiro atoms. The normalized spacial score (nSPS) is 15.8. The van der Waals surface area contributed by atoms with Gasteiger partial charge in [0.2, 0.25) is 5.88 Å². The molecule has 0 amide bonds. The third-order valence-electron chi connectivity index (χ3n) is 3.95. The number of hydrogen-bond acceptors (Lipinski definition) is 4. The molecule has 0 aliphatic carbocycles. The summed E-state index contributed by atoms with van der Waals surface area (Å²) in [6.45, 7) is 3.36. The van der Waals surface area contributed by atoms with Gasteiger partial charge in [-0.05, 0) is 24.3 Å². The smallest absolute Gasteiger partial charge is 0.238 e. The topological polar surface area (TPSA) is 39.0 Å². The van der Waals surface area contributed by atoms with Crippen LogP contribution in [-0.2, 0) is 4.74 Å². The van der Waals surface area contributed by atoms with Gasteiger partial charge in [0.1, 0.15) is 11.3 Å². The van der Waals surface area contributed by atoms with Gasteiger partial charge in [0.05, 0.1) is 31.4 Å². The van der Waals surface area contributed by atoms with Crippen molar-refractivity contribution in [2.75, 3.05) is 38.3 Å². The van der Waals surface area contributed by atoms with Gasteiger partial charge in [-0.1, -0.05) is 12.1 Å². The molecule has 3 heterocycles. The Balaban J connectivity index is 2.01. The monoisotopic (exact) mass is 283 g/mol. The van der Waals surface area contributed by atoms with Crippen LogP contribution in [0.4, 0.5) is 5.82 Å². The number of hydrogen-bond donors (Lipinski definition) is 0. The van der Waals surface area contributed by atoms with Crippen LogP contribution in [0.3, 0.4) is 0 Å². The van der Waals surface area contributed by atoms with Gasteiger partial charge in [-0.3, -0.25) is 4.40 Å². The van der Waals surface area contributed by atoms with Crippen LogP contribution in [-0.4, -0.2) is 42.8 Å². The second kappa shape index (κ2) is 4.93. The number of methoxy groups -OCH3 is 1. The first-order valence-corrected chi connectivity index (χ1v) is 7.15. The number of nitrogens with zero attached hydrogens (tertiary/aromatic N) is 3. The molecule has 0 radical (unpaired) electrons. The third kappa shape index (κ3) is 1.93. The molecule has 3 aromatic rings. The van der Waals surface area contributed by atoms with Crippen molar-refractivity contribution in [2.24, 2.45) is 0 Å². The van der Waals surface area contributed by atoms with Gasteiger partial charge in [-0.2, -0.15) is 0 Å². The fourth-order valence-electron chi connectivity index (χ4n) is 2.95. The third-order valence-corrected chi connectivity index (χ3v) is 3.95. The van der Waals surface area contributed by atoms with E-state index < -0.39 is 0 Å². The van der Waals surface area contributed by atoms with Crippen molar-refractivity contribution in [2.45, 2.75) is 0 Å². The van der Waals surface area contributed by atoms with Crippen molar-refractivity contribution in [1.29, 1.82) is 0 Å². The molecule has 21 heavy (non-hydrogen) atoms. The quantitative estimate of drug-likeness (QED) is 0.723. The molecule has 108 valence electrons. The maximum Gasteiger partial charge on any atom is 0.238 e. The van der Waals surface area contributed by atoms with E-state index in [0.29, 0.717) is 5.88 Å². The van der Waals surface area contributed by atoms with E-state index in [1.165, 1.54) is 5.82 Å². The lowest BCUT2D eigenvalue weighted by Gasteiger charge is -2.28. The number of benzene rings is 1. The molecule has 1 aliphatic heterocycles. The number of rotatable bonds is 2. The highest BCUT2D eigenvalue weighted by Gasteiger charge is 2.18. The Bertz CT molecular complexity index is 791. The average Bonchev–Trinajstić information content (AvgIpc) is 3.00. The van der Waals surface area contributed by atoms with E-state index in [-0.39, 0.29) is 0 Å². The van der Waals surface area contributed by atoms with Crippen molar-refractivity contribution < 1.29 is 9.47 Å². The highest BCUT2D eigenvalue weighted by atomic mass is 16.5. The van der Waals surface area contributed by atoms with Gasteiger partial charge in [-0.25, -0.2) is 4.98 Å². The number of anilines is 1. The molecule has 0 unspecified atom stereocenters. The zero-order valence-electron chi connectivity index (χ0n) is 12.0. The van der Waals surface area contributed by atoms with E-state index in [0.717, 1.165) is 42.9 Å². The average molecular weight is 283 g/mol. The molecular formula is C16H17N3O2. The lowest BCUT2D eigenvalue weighted by Crippen LogP contribution is -2.36. The lowest BCUT2D eigenvalue weighted by molar-refractivity contribution is 0.122. The first-order chi connectivity index (χ1) is 10.4. The first-order valence-electron chi connectivity index (χ1n) is 7.15. The Hall–Kier alpha value is -2.27. The van der Waals surface area contributed by atoms with Crippen LogP contribution < -0.4 is 9.64 Å². The van der Waals surface area contributed by atoms with Crippen molar-refractivity contribution in [3.8, 4) is 5.88 Å². The molecule has 1 aromatic carbocycles. The zero-order chi connectivity index (χ0) is 14.2. The molecule has 0 N–H and O–H groups in total. The molecule has 0 saturated carbocycles. The van der Waals surface area contributed by atoms with Crippen molar-refractivity contribution in [3.05, 3.63) is 36.4 Å². The highest BCUT2D eigenvalue weighted by molar-refractivity contribution is 5.84. The largest absolute Gasteiger partial charge is 0.479 e. The van der Waals surface area contributed by atoms with Crippen LogP contribution in [0.25, 0.3) is 16.6 Å². The van der Waals surface area contributed by atoms with Gasteiger partial charge in [0.15, 0.2) is 0 Å². The van der Waals surface area contributed by atoms with Crippen LogP contribution in [0.5, 0.6) is 5.88 Å². The summed E-state index contributed by atoms with van der Waals surface area (Å²) in [5.74, 6) is 1.83. The fraction of sp³-hybridized carbons (Fsp3) is 0.312. The van der Waals surface area contributed by atoms with Gasteiger partial charge < -0.3 is 14.4 Å². The Kier molecular flexibility index (Phi) is 2.93. The van der Waals surface area contributed by atoms with Crippen LogP contribution in [0.1, 0.15) is 0 Å². The number of ether oxygens (including phenoxy) is 2. The maximum absolute atomic E-state index is 5.46. The summed E-state index contributed by atoms with van der Waals surface area (Å²) >= 11 is 0. The van der Waals surface area contributed by atoms with Gasteiger partial charge in [-0.15, -0.1) is 0 Å². The molecule has 0 bridgehead atoms. The Morgan fingerprint density at radius 1 is 1.05 bits per heavy atom. The number of fused-ring (bicyclic) bond motifs is 3. The fourth-order valence-corrected chi connectivity index (χ4v) is 2.95. The molecular weight excluding hydrogens is 266 g/mol. The van der Waals surface area contributed by atoms with E-state index in [2.05, 4.69) is 32.5 Å². The Labute approximate surface area is 122 Å². The van der Waals surface area contributed by atoms with Crippen molar-refractivity contribution >= 4 is 22.4 Å². The minimum Gasteiger partial charge on any atom is -0.479 e. The SMILES string of the molecule is COc1nc2ccccc2n2c(N3CCOCC3)ccc12. The van der Waals surface area contributed by atoms with E-state index >= 15 is 0 Å². The van der Waals surface area contributed by atoms with E-state index in [1.54, 1.807) is 7.11 Å². The molecule has 5 nitrogen and oxygen atoms in total. The minimum absolute atomic E-state index is 0.660. The standard InChI is InChI=1S/C16H17N3O2/c1-20-16-14-6-7-15(18-8-10-21-11-9-18)19(14)13-5-3-2-4-12(13)17-16/h2-7H,8-11H2,1H3. The second-order valence-electron chi connectivity index (χ2n) is 5.12. The van der Waals surface area contributed by atoms with Crippen molar-refractivity contribution in [3.63, 3.8) is 0 Å². The van der Waals surface area contributed by atoms with E-state index in [9.17, 15) is 0 Å². The summed E-state index contributed by atoms with van der Waals surface area (Å²) < 4.78 is 13.1. The molecule has 1 aliphatic rings. The van der Waals surface area contributed by atoms with Gasteiger partial charge in [0.25, 0.3) is 0 Å². The van der Waals surface area contributed by atoms with Crippen molar-refractivity contribution in [1.82, 2.24) is 9.38 Å². The van der Waals surface area contributed by atoms with Gasteiger partial charge >= 0.3 is 0 Å². The van der Waals surface area contributed by atoms with E-state index in [1.807, 2.05) is 18.2 Å². The molecule has 4 rings (SSSR count). The van der Waals surface area contributed by atoms with Crippen LogP contribution in [0.15, 0.2) is 36.4 Å². The highest BCUT2D eigenvalue weighted by Crippen LogP contribution is 2.30. The van der Waals surface area contributed by atoms with E-state index in [4.69, 9.17) is 9.47 Å². The molecule has 0 atom stereocenters. The molecule has 2 aromatic heterocycles. The minimum atomic E-state index is 0.660. The number of aromatic nitrogens is 2. The summed E-state index contributed by atoms with van der Waals surface area (Å²) in [4.78, 5) is 6.94. The summed E-state index contributed by atoms with van der Waals surface area (Å²) in [7, 11) is 1.67. The summed E-state index contributed by atoms with van der Waals surface area (Å²) in [6.07, 6.45) is 0. The Morgan fingerprint density at radius 3 is 2.67 bits per heavy atom. The Morgan fingerprint density at radius 2 is 1.86 bits per heavy atom. The molecule has 1 saturated heterocycles. The summed E-state index contributed by atoms with van der Waals surface area (Å²) in [5, 5.41) is 0. The zero-order valence-corrected chi connectivity index (χ0v) is 12.0. The molecule has 5 heteroatoms. The first kappa shape index (κ1) is 12.5. The van der Waals surface area contributed by atoms with Crippen LogP contribution in [0.2, 0.25) is 0 Å². The van der Waals surface area contributed by atoms with Gasteiger partial charge in [0, 0.05) is 13.1 Å². The summed E-state index contributed by atoms with van der Waals surface area (Å²) in [5.41, 5.74) is 3.03. The van der Waals surface area contributed by atoms with Crippen LogP contribution in [0, 0.1) is 0 Å². The second-order valence-corrected chi connectivity index (χ2v) is 5.12.